The molecular formula is C12H8N2O. The number of pyridine rings is 1. The summed E-state index contributed by atoms with van der Waals surface area (Å²) in [6.07, 6.45) is 7.59. The number of allylic oxidation sites excluding steroid dienone is 1. The van der Waals surface area contributed by atoms with Gasteiger partial charge >= 0.3 is 0 Å². The lowest BCUT2D eigenvalue weighted by Crippen LogP contribution is -1.99. The molecule has 0 N–H and O–H groups in total. The van der Waals surface area contributed by atoms with Crippen LogP contribution >= 0.6 is 0 Å². The Bertz CT molecular complexity index is 511. The summed E-state index contributed by atoms with van der Waals surface area (Å²) >= 11 is 0. The Morgan fingerprint density at radius 3 is 3.27 bits per heavy atom. The van der Waals surface area contributed by atoms with E-state index in [0.29, 0.717) is 0 Å². The fourth-order valence-corrected chi connectivity index (χ4v) is 1.77. The maximum atomic E-state index is 8.43. The summed E-state index contributed by atoms with van der Waals surface area (Å²) in [6, 6.07) is 5.86. The number of fused-ring (bicyclic) bond motifs is 3. The van der Waals surface area contributed by atoms with Crippen molar-refractivity contribution in [2.75, 3.05) is 0 Å². The Balaban J connectivity index is 2.03. The number of aromatic nitrogens is 1. The second-order valence-corrected chi connectivity index (χ2v) is 3.55. The predicted molar refractivity (Wildman–Crippen MR) is 55.5 cm³/mol. The van der Waals surface area contributed by atoms with E-state index >= 15 is 0 Å². The standard InChI is InChI=1S/C12H8N2O/c13-7-1-2-9-5-3-8-4-6-10-12(15-10)11(8)14-9/h1-6,10,12H/b2-1+. The molecule has 1 saturated heterocycles. The van der Waals surface area contributed by atoms with Crippen LogP contribution in [0.15, 0.2) is 24.3 Å². The Kier molecular flexibility index (Phi) is 1.70. The van der Waals surface area contributed by atoms with Gasteiger partial charge in [0, 0.05) is 6.08 Å². The summed E-state index contributed by atoms with van der Waals surface area (Å²) < 4.78 is 5.43. The van der Waals surface area contributed by atoms with Gasteiger partial charge in [0.05, 0.1) is 17.5 Å². The van der Waals surface area contributed by atoms with E-state index in [1.807, 2.05) is 24.3 Å². The zero-order chi connectivity index (χ0) is 10.3. The van der Waals surface area contributed by atoms with Crippen LogP contribution < -0.4 is 0 Å². The molecule has 0 bridgehead atoms. The predicted octanol–water partition coefficient (Wildman–Crippen LogP) is 2.09. The first-order valence-electron chi connectivity index (χ1n) is 4.79. The van der Waals surface area contributed by atoms with Crippen LogP contribution in [0.5, 0.6) is 0 Å². The average molecular weight is 196 g/mol. The molecule has 1 fully saturated rings. The minimum absolute atomic E-state index is 0.139. The number of epoxide rings is 1. The van der Waals surface area contributed by atoms with Crippen LogP contribution in [-0.2, 0) is 4.74 Å². The van der Waals surface area contributed by atoms with E-state index in [1.54, 1.807) is 6.08 Å². The topological polar surface area (TPSA) is 49.2 Å². The highest BCUT2D eigenvalue weighted by Crippen LogP contribution is 2.43. The van der Waals surface area contributed by atoms with E-state index < -0.39 is 0 Å². The fourth-order valence-electron chi connectivity index (χ4n) is 1.77. The lowest BCUT2D eigenvalue weighted by Gasteiger charge is -2.06. The molecule has 0 aromatic carbocycles. The van der Waals surface area contributed by atoms with Crippen LogP contribution in [-0.4, -0.2) is 11.1 Å². The Morgan fingerprint density at radius 1 is 1.47 bits per heavy atom. The van der Waals surface area contributed by atoms with E-state index in [2.05, 4.69) is 11.1 Å². The second-order valence-electron chi connectivity index (χ2n) is 3.55. The molecule has 2 aliphatic rings. The molecule has 0 saturated carbocycles. The minimum Gasteiger partial charge on any atom is -0.358 e. The summed E-state index contributed by atoms with van der Waals surface area (Å²) in [5, 5.41) is 8.43. The number of rotatable bonds is 1. The van der Waals surface area contributed by atoms with E-state index in [1.165, 1.54) is 6.08 Å². The van der Waals surface area contributed by atoms with Crippen molar-refractivity contribution in [1.82, 2.24) is 4.98 Å². The maximum Gasteiger partial charge on any atom is 0.131 e. The summed E-state index contributed by atoms with van der Waals surface area (Å²) in [5.41, 5.74) is 2.91. The van der Waals surface area contributed by atoms with Gasteiger partial charge in [-0.1, -0.05) is 18.2 Å². The van der Waals surface area contributed by atoms with E-state index in [9.17, 15) is 0 Å². The Hall–Kier alpha value is -1.92. The minimum atomic E-state index is 0.139. The maximum absolute atomic E-state index is 8.43. The van der Waals surface area contributed by atoms with Gasteiger partial charge in [0.2, 0.25) is 0 Å². The summed E-state index contributed by atoms with van der Waals surface area (Å²) in [5.74, 6) is 0. The highest BCUT2D eigenvalue weighted by atomic mass is 16.6. The van der Waals surface area contributed by atoms with E-state index in [0.717, 1.165) is 17.0 Å². The molecule has 2 heterocycles. The third-order valence-electron chi connectivity index (χ3n) is 2.57. The van der Waals surface area contributed by atoms with Crippen molar-refractivity contribution in [3.63, 3.8) is 0 Å². The van der Waals surface area contributed by atoms with Crippen LogP contribution in [0.1, 0.15) is 23.1 Å². The SMILES string of the molecule is N#C/C=C/c1ccc2c(n1)C1OC1C=C2. The smallest absolute Gasteiger partial charge is 0.131 e. The van der Waals surface area contributed by atoms with Gasteiger partial charge in [-0.2, -0.15) is 5.26 Å². The number of hydrogen-bond donors (Lipinski definition) is 0. The molecule has 0 radical (unpaired) electrons. The molecule has 0 spiro atoms. The molecule has 72 valence electrons. The molecule has 0 amide bonds. The van der Waals surface area contributed by atoms with Gasteiger partial charge in [-0.3, -0.25) is 0 Å². The molecule has 15 heavy (non-hydrogen) atoms. The van der Waals surface area contributed by atoms with Crippen molar-refractivity contribution in [2.24, 2.45) is 0 Å². The number of nitriles is 1. The molecule has 1 aromatic heterocycles. The van der Waals surface area contributed by atoms with Gasteiger partial charge < -0.3 is 4.74 Å². The molecule has 3 nitrogen and oxygen atoms in total. The molecule has 3 rings (SSSR count). The normalized spacial score (nSPS) is 25.8. The van der Waals surface area contributed by atoms with Crippen molar-refractivity contribution >= 4 is 12.2 Å². The van der Waals surface area contributed by atoms with Crippen LogP contribution in [0.2, 0.25) is 0 Å². The first-order valence-corrected chi connectivity index (χ1v) is 4.79. The third-order valence-corrected chi connectivity index (χ3v) is 2.57. The second kappa shape index (κ2) is 3.04. The van der Waals surface area contributed by atoms with Crippen molar-refractivity contribution in [3.05, 3.63) is 41.2 Å². The van der Waals surface area contributed by atoms with Gasteiger partial charge in [-0.25, -0.2) is 4.98 Å². The van der Waals surface area contributed by atoms with Gasteiger partial charge in [0.1, 0.15) is 12.2 Å². The summed E-state index contributed by atoms with van der Waals surface area (Å²) in [7, 11) is 0. The van der Waals surface area contributed by atoms with Crippen LogP contribution in [0.4, 0.5) is 0 Å². The lowest BCUT2D eigenvalue weighted by atomic mass is 10.0. The monoisotopic (exact) mass is 196 g/mol. The Labute approximate surface area is 87.3 Å². The molecule has 1 aliphatic carbocycles. The van der Waals surface area contributed by atoms with Gasteiger partial charge in [0.25, 0.3) is 0 Å². The number of ether oxygens (including phenoxy) is 1. The van der Waals surface area contributed by atoms with Crippen molar-refractivity contribution in [2.45, 2.75) is 12.2 Å². The highest BCUT2D eigenvalue weighted by molar-refractivity contribution is 5.60. The van der Waals surface area contributed by atoms with Crippen molar-refractivity contribution < 1.29 is 4.74 Å². The van der Waals surface area contributed by atoms with Gasteiger partial charge in [0.15, 0.2) is 0 Å². The fraction of sp³-hybridized carbons (Fsp3) is 0.167. The number of nitrogens with zero attached hydrogens (tertiary/aromatic N) is 2. The van der Waals surface area contributed by atoms with Crippen molar-refractivity contribution in [1.29, 1.82) is 5.26 Å². The molecule has 2 unspecified atom stereocenters. The molecule has 2 atom stereocenters. The van der Waals surface area contributed by atoms with Crippen molar-refractivity contribution in [3.8, 4) is 6.07 Å². The zero-order valence-electron chi connectivity index (χ0n) is 7.92. The number of hydrogen-bond acceptors (Lipinski definition) is 3. The van der Waals surface area contributed by atoms with E-state index in [-0.39, 0.29) is 12.2 Å². The molecule has 1 aliphatic heterocycles. The molecule has 3 heteroatoms. The van der Waals surface area contributed by atoms with Gasteiger partial charge in [-0.05, 0) is 17.7 Å². The third kappa shape index (κ3) is 1.36. The zero-order valence-corrected chi connectivity index (χ0v) is 7.92. The lowest BCUT2D eigenvalue weighted by molar-refractivity contribution is 0.392. The quantitative estimate of drug-likeness (QED) is 0.510. The molecular weight excluding hydrogens is 188 g/mol. The van der Waals surface area contributed by atoms with Gasteiger partial charge in [-0.15, -0.1) is 0 Å². The van der Waals surface area contributed by atoms with Crippen LogP contribution in [0, 0.1) is 11.3 Å². The summed E-state index contributed by atoms with van der Waals surface area (Å²) in [6.45, 7) is 0. The van der Waals surface area contributed by atoms with Crippen LogP contribution in [0.25, 0.3) is 12.2 Å². The van der Waals surface area contributed by atoms with E-state index in [4.69, 9.17) is 10.00 Å². The van der Waals surface area contributed by atoms with Crippen LogP contribution in [0.3, 0.4) is 0 Å². The first kappa shape index (κ1) is 8.39. The Morgan fingerprint density at radius 2 is 2.40 bits per heavy atom. The first-order chi connectivity index (χ1) is 7.38. The average Bonchev–Trinajstić information content (AvgIpc) is 3.05. The molecule has 1 aromatic rings. The summed E-state index contributed by atoms with van der Waals surface area (Å²) in [4.78, 5) is 4.46. The highest BCUT2D eigenvalue weighted by Gasteiger charge is 2.42. The largest absolute Gasteiger partial charge is 0.358 e.